The van der Waals surface area contributed by atoms with Gasteiger partial charge in [0.15, 0.2) is 0 Å². The van der Waals surface area contributed by atoms with Gasteiger partial charge in [-0.1, -0.05) is 84.0 Å². The van der Waals surface area contributed by atoms with Crippen LogP contribution in [0, 0.1) is 17.3 Å². The second-order valence-electron chi connectivity index (χ2n) is 14.2. The molecule has 2 N–H and O–H groups in total. The van der Waals surface area contributed by atoms with E-state index in [0.29, 0.717) is 19.4 Å². The fraction of sp³-hybridized carbons (Fsp3) is 0.600. The number of hydrogen-bond acceptors (Lipinski definition) is 5. The molecule has 42 heavy (non-hydrogen) atoms. The number of likely N-dealkylation sites (tertiary alicyclic amines) is 1. The molecule has 1 saturated heterocycles. The number of nitrogens with zero attached hydrogens (tertiary/aromatic N) is 1. The number of carbonyl (C=O) groups is 2. The summed E-state index contributed by atoms with van der Waals surface area (Å²) in [5.74, 6) is -0.776. The van der Waals surface area contributed by atoms with Crippen LogP contribution in [0.1, 0.15) is 90.0 Å². The third kappa shape index (κ3) is 6.68. The highest BCUT2D eigenvalue weighted by Gasteiger charge is 2.58. The minimum absolute atomic E-state index is 0.0334. The minimum atomic E-state index is -0.955. The lowest BCUT2D eigenvalue weighted by molar-refractivity contribution is -0.154. The van der Waals surface area contributed by atoms with Crippen LogP contribution in [0.25, 0.3) is 0 Å². The highest BCUT2D eigenvalue weighted by Crippen LogP contribution is 2.49. The number of carboxylic acids is 1. The van der Waals surface area contributed by atoms with Crippen LogP contribution in [0.5, 0.6) is 5.75 Å². The lowest BCUT2D eigenvalue weighted by atomic mass is 9.72. The molecule has 1 aliphatic carbocycles. The Morgan fingerprint density at radius 3 is 2.12 bits per heavy atom. The molecule has 2 aromatic rings. The maximum atomic E-state index is 14.4. The Morgan fingerprint density at radius 2 is 1.60 bits per heavy atom. The number of ether oxygens (including phenoxy) is 2. The van der Waals surface area contributed by atoms with Gasteiger partial charge in [-0.05, 0) is 53.7 Å². The van der Waals surface area contributed by atoms with Gasteiger partial charge in [0.25, 0.3) is 0 Å². The predicted octanol–water partition coefficient (Wildman–Crippen LogP) is 6.36. The molecule has 4 rings (SSSR count). The van der Waals surface area contributed by atoms with Gasteiger partial charge in [0.05, 0.1) is 19.3 Å². The number of hydrogen-bond donors (Lipinski definition) is 2. The zero-order valence-corrected chi connectivity index (χ0v) is 26.6. The monoisotopic (exact) mass is 578 g/mol. The van der Waals surface area contributed by atoms with Crippen molar-refractivity contribution in [2.24, 2.45) is 17.3 Å². The van der Waals surface area contributed by atoms with E-state index >= 15 is 0 Å². The molecule has 1 saturated carbocycles. The van der Waals surface area contributed by atoms with Gasteiger partial charge in [-0.15, -0.1) is 0 Å². The molecular weight excluding hydrogens is 528 g/mol. The van der Waals surface area contributed by atoms with Crippen LogP contribution >= 0.6 is 0 Å². The maximum absolute atomic E-state index is 14.4. The van der Waals surface area contributed by atoms with Gasteiger partial charge in [0.2, 0.25) is 5.91 Å². The topological polar surface area (TPSA) is 88.1 Å². The molecule has 1 aliphatic heterocycles. The summed E-state index contributed by atoms with van der Waals surface area (Å²) >= 11 is 0. The Morgan fingerprint density at radius 1 is 0.952 bits per heavy atom. The van der Waals surface area contributed by atoms with Crippen molar-refractivity contribution in [2.45, 2.75) is 103 Å². The van der Waals surface area contributed by atoms with E-state index in [1.807, 2.05) is 36.4 Å². The van der Waals surface area contributed by atoms with Crippen molar-refractivity contribution in [3.05, 3.63) is 65.2 Å². The third-order valence-electron chi connectivity index (χ3n) is 9.35. The summed E-state index contributed by atoms with van der Waals surface area (Å²) < 4.78 is 11.3. The number of carboxylic acid groups (broad SMARTS) is 1. The summed E-state index contributed by atoms with van der Waals surface area (Å²) in [6.45, 7) is 13.3. The third-order valence-corrected chi connectivity index (χ3v) is 9.35. The van der Waals surface area contributed by atoms with Crippen LogP contribution in [0.2, 0.25) is 0 Å². The van der Waals surface area contributed by atoms with Crippen LogP contribution in [0.4, 0.5) is 0 Å². The summed E-state index contributed by atoms with van der Waals surface area (Å²) in [7, 11) is 3.39. The van der Waals surface area contributed by atoms with E-state index in [0.717, 1.165) is 29.7 Å². The van der Waals surface area contributed by atoms with Gasteiger partial charge in [0.1, 0.15) is 11.8 Å². The molecule has 1 amide bonds. The number of carbonyl (C=O) groups excluding carboxylic acids is 1. The van der Waals surface area contributed by atoms with Crippen LogP contribution < -0.4 is 10.1 Å². The maximum Gasteiger partial charge on any atom is 0.326 e. The van der Waals surface area contributed by atoms with Gasteiger partial charge in [-0.3, -0.25) is 4.79 Å². The van der Waals surface area contributed by atoms with Gasteiger partial charge in [-0.2, -0.15) is 0 Å². The molecule has 0 unspecified atom stereocenters. The van der Waals surface area contributed by atoms with Gasteiger partial charge in [0, 0.05) is 37.1 Å². The molecule has 1 heterocycles. The fourth-order valence-electron chi connectivity index (χ4n) is 7.09. The lowest BCUT2D eigenvalue weighted by Crippen LogP contribution is -2.49. The number of methoxy groups -OCH3 is 2. The van der Waals surface area contributed by atoms with Gasteiger partial charge < -0.3 is 24.8 Å². The Kier molecular flexibility index (Phi) is 9.73. The molecule has 7 heteroatoms. The largest absolute Gasteiger partial charge is 0.496 e. The zero-order chi connectivity index (χ0) is 30.8. The SMILES string of the molecule is COc1ccc(C(C)(C)C)cc1CN[C@H]1[C@H](C(C)(C)C)[C@@H](C(=O)O)N(C(=O)C2CCC(OC)CC2)[C@H]1c1ccccc1. The summed E-state index contributed by atoms with van der Waals surface area (Å²) in [5.41, 5.74) is 2.73. The summed E-state index contributed by atoms with van der Waals surface area (Å²) in [5, 5.41) is 14.5. The summed E-state index contributed by atoms with van der Waals surface area (Å²) in [6.07, 6.45) is 3.18. The Labute approximate surface area is 252 Å². The van der Waals surface area contributed by atoms with E-state index < -0.39 is 23.5 Å². The minimum Gasteiger partial charge on any atom is -0.496 e. The lowest BCUT2D eigenvalue weighted by Gasteiger charge is -2.36. The first-order valence-corrected chi connectivity index (χ1v) is 15.3. The number of amides is 1. The van der Waals surface area contributed by atoms with E-state index in [1.165, 1.54) is 5.56 Å². The first-order valence-electron chi connectivity index (χ1n) is 15.3. The summed E-state index contributed by atoms with van der Waals surface area (Å²) in [6, 6.07) is 14.5. The van der Waals surface area contributed by atoms with Gasteiger partial charge in [-0.25, -0.2) is 4.79 Å². The molecule has 0 aromatic heterocycles. The van der Waals surface area contributed by atoms with Crippen molar-refractivity contribution in [1.29, 1.82) is 0 Å². The Balaban J connectivity index is 1.79. The van der Waals surface area contributed by atoms with Crippen LogP contribution in [0.15, 0.2) is 48.5 Å². The number of benzene rings is 2. The van der Waals surface area contributed by atoms with Crippen LogP contribution in [-0.2, 0) is 26.3 Å². The molecule has 0 radical (unpaired) electrons. The molecule has 0 spiro atoms. The normalized spacial score (nSPS) is 26.7. The highest BCUT2D eigenvalue weighted by atomic mass is 16.5. The standard InChI is InChI=1S/C35H50N2O5/c1-34(2,3)25-16-19-27(42-8)24(20-25)21-36-29-28(35(4,5)6)31(33(39)40)37(30(29)22-12-10-9-11-13-22)32(38)23-14-17-26(41-7)18-15-23/h9-13,16,19-20,23,26,28-31,36H,14-15,17-18,21H2,1-8H3,(H,39,40)/t23?,26?,28-,29-,30-,31-/m0/s1. The molecule has 2 fully saturated rings. The number of nitrogens with one attached hydrogen (secondary N) is 1. The van der Waals surface area contributed by atoms with E-state index in [4.69, 9.17) is 9.47 Å². The zero-order valence-electron chi connectivity index (χ0n) is 26.6. The first-order chi connectivity index (χ1) is 19.8. The predicted molar refractivity (Wildman–Crippen MR) is 165 cm³/mol. The molecule has 0 bridgehead atoms. The van der Waals surface area contributed by atoms with Crippen molar-refractivity contribution in [3.63, 3.8) is 0 Å². The van der Waals surface area contributed by atoms with E-state index in [9.17, 15) is 14.7 Å². The molecule has 2 aromatic carbocycles. The van der Waals surface area contributed by atoms with Crippen LogP contribution in [-0.4, -0.2) is 54.3 Å². The second-order valence-corrected chi connectivity index (χ2v) is 14.2. The Hall–Kier alpha value is -2.90. The van der Waals surface area contributed by atoms with Crippen molar-refractivity contribution in [3.8, 4) is 5.75 Å². The van der Waals surface area contributed by atoms with Crippen molar-refractivity contribution in [1.82, 2.24) is 10.2 Å². The summed E-state index contributed by atoms with van der Waals surface area (Å²) in [4.78, 5) is 29.3. The first kappa shape index (κ1) is 32.0. The average molecular weight is 579 g/mol. The molecule has 2 aliphatic rings. The fourth-order valence-corrected chi connectivity index (χ4v) is 7.09. The van der Waals surface area contributed by atoms with E-state index in [1.54, 1.807) is 19.1 Å². The van der Waals surface area contributed by atoms with E-state index in [2.05, 4.69) is 59.0 Å². The van der Waals surface area contributed by atoms with Gasteiger partial charge >= 0.3 is 5.97 Å². The van der Waals surface area contributed by atoms with Crippen molar-refractivity contribution < 1.29 is 24.2 Å². The number of aliphatic carboxylic acids is 1. The number of rotatable bonds is 8. The highest BCUT2D eigenvalue weighted by molar-refractivity contribution is 5.87. The molecule has 230 valence electrons. The Bertz CT molecular complexity index is 1220. The molecule has 4 atom stereocenters. The average Bonchev–Trinajstić information content (AvgIpc) is 3.31. The molecular formula is C35H50N2O5. The second kappa shape index (κ2) is 12.8. The molecule has 7 nitrogen and oxygen atoms in total. The quantitative estimate of drug-likeness (QED) is 0.379. The van der Waals surface area contributed by atoms with Crippen molar-refractivity contribution in [2.75, 3.05) is 14.2 Å². The van der Waals surface area contributed by atoms with Crippen molar-refractivity contribution >= 4 is 11.9 Å². The van der Waals surface area contributed by atoms with Crippen LogP contribution in [0.3, 0.4) is 0 Å². The smallest absolute Gasteiger partial charge is 0.326 e. The van der Waals surface area contributed by atoms with E-state index in [-0.39, 0.29) is 35.3 Å².